The van der Waals surface area contributed by atoms with Gasteiger partial charge in [-0.3, -0.25) is 4.79 Å². The van der Waals surface area contributed by atoms with E-state index in [9.17, 15) is 14.4 Å². The third kappa shape index (κ3) is 4.48. The minimum absolute atomic E-state index is 0.00381. The van der Waals surface area contributed by atoms with E-state index in [4.69, 9.17) is 14.2 Å². The van der Waals surface area contributed by atoms with Crippen molar-refractivity contribution in [2.75, 3.05) is 20.3 Å². The molecule has 0 heterocycles. The number of esters is 2. The summed E-state index contributed by atoms with van der Waals surface area (Å²) in [6, 6.07) is 9.03. The lowest BCUT2D eigenvalue weighted by Crippen LogP contribution is -2.31. The second kappa shape index (κ2) is 8.92. The fourth-order valence-electron chi connectivity index (χ4n) is 4.12. The third-order valence-electron chi connectivity index (χ3n) is 5.36. The van der Waals surface area contributed by atoms with Gasteiger partial charge in [-0.2, -0.15) is 0 Å². The Morgan fingerprint density at radius 3 is 2.06 bits per heavy atom. The molecule has 0 aromatic heterocycles. The van der Waals surface area contributed by atoms with Crippen molar-refractivity contribution < 1.29 is 28.6 Å². The predicted molar refractivity (Wildman–Crippen MR) is 117 cm³/mol. The van der Waals surface area contributed by atoms with E-state index in [-0.39, 0.29) is 47.5 Å². The normalized spacial score (nSPS) is 14.5. The number of fused-ring (bicyclic) bond motifs is 1. The highest BCUT2D eigenvalue weighted by Crippen LogP contribution is 2.41. The first-order chi connectivity index (χ1) is 14.7. The van der Waals surface area contributed by atoms with Gasteiger partial charge in [-0.15, -0.1) is 0 Å². The molecule has 0 unspecified atom stereocenters. The minimum atomic E-state index is -0.690. The number of benzene rings is 2. The van der Waals surface area contributed by atoms with Crippen LogP contribution in [0.5, 0.6) is 5.75 Å². The van der Waals surface area contributed by atoms with Gasteiger partial charge in [0.15, 0.2) is 5.78 Å². The van der Waals surface area contributed by atoms with Gasteiger partial charge in [-0.05, 0) is 60.6 Å². The van der Waals surface area contributed by atoms with Crippen molar-refractivity contribution in [1.29, 1.82) is 0 Å². The maximum Gasteiger partial charge on any atom is 0.339 e. The number of ketones is 1. The second-order valence-electron chi connectivity index (χ2n) is 8.32. The Hall–Kier alpha value is -3.15. The predicted octanol–water partition coefficient (Wildman–Crippen LogP) is 4.87. The lowest BCUT2D eigenvalue weighted by molar-refractivity contribution is 0.0477. The van der Waals surface area contributed by atoms with Crippen molar-refractivity contribution in [3.63, 3.8) is 0 Å². The summed E-state index contributed by atoms with van der Waals surface area (Å²) in [4.78, 5) is 39.2. The number of hydrogen-bond donors (Lipinski definition) is 0. The third-order valence-corrected chi connectivity index (χ3v) is 5.36. The van der Waals surface area contributed by atoms with Crippen molar-refractivity contribution in [2.24, 2.45) is 5.41 Å². The number of carbonyl (C=O) groups is 3. The van der Waals surface area contributed by atoms with Crippen LogP contribution < -0.4 is 4.74 Å². The SMILES string of the molecule is CCOC(=O)c1c(-c2ccc(OC)cc2)cc2c(c1C(=O)OCC)C(=O)CC(C)(C)C2. The van der Waals surface area contributed by atoms with Crippen LogP contribution in [0.1, 0.15) is 70.8 Å². The summed E-state index contributed by atoms with van der Waals surface area (Å²) in [5.41, 5.74) is 2.09. The first-order valence-electron chi connectivity index (χ1n) is 10.4. The fourth-order valence-corrected chi connectivity index (χ4v) is 4.12. The molecule has 0 aliphatic heterocycles. The number of methoxy groups -OCH3 is 1. The van der Waals surface area contributed by atoms with Gasteiger partial charge >= 0.3 is 11.9 Å². The van der Waals surface area contributed by atoms with Crippen LogP contribution in [0.25, 0.3) is 11.1 Å². The zero-order valence-electron chi connectivity index (χ0n) is 18.7. The Morgan fingerprint density at radius 1 is 0.935 bits per heavy atom. The first-order valence-corrected chi connectivity index (χ1v) is 10.4. The van der Waals surface area contributed by atoms with Gasteiger partial charge in [-0.25, -0.2) is 9.59 Å². The van der Waals surface area contributed by atoms with Crippen LogP contribution in [-0.2, 0) is 15.9 Å². The van der Waals surface area contributed by atoms with E-state index in [2.05, 4.69) is 0 Å². The van der Waals surface area contributed by atoms with E-state index >= 15 is 0 Å². The fraction of sp³-hybridized carbons (Fsp3) is 0.400. The summed E-state index contributed by atoms with van der Waals surface area (Å²) in [5, 5.41) is 0. The first kappa shape index (κ1) is 22.5. The van der Waals surface area contributed by atoms with Crippen molar-refractivity contribution in [1.82, 2.24) is 0 Å². The topological polar surface area (TPSA) is 78.9 Å². The number of ether oxygens (including phenoxy) is 3. The van der Waals surface area contributed by atoms with E-state index in [0.717, 1.165) is 5.56 Å². The van der Waals surface area contributed by atoms with Crippen LogP contribution in [0.4, 0.5) is 0 Å². The number of Topliss-reactive ketones (excluding diaryl/α,β-unsaturated/α-hetero) is 1. The summed E-state index contributed by atoms with van der Waals surface area (Å²) >= 11 is 0. The van der Waals surface area contributed by atoms with Crippen molar-refractivity contribution in [3.05, 3.63) is 52.6 Å². The molecule has 0 amide bonds. The van der Waals surface area contributed by atoms with E-state index in [1.165, 1.54) is 0 Å². The molecule has 6 heteroatoms. The average molecular weight is 424 g/mol. The van der Waals surface area contributed by atoms with Gasteiger partial charge in [-0.1, -0.05) is 26.0 Å². The van der Waals surface area contributed by atoms with Gasteiger partial charge in [0.25, 0.3) is 0 Å². The smallest absolute Gasteiger partial charge is 0.339 e. The van der Waals surface area contributed by atoms with Crippen molar-refractivity contribution in [2.45, 2.75) is 40.5 Å². The molecule has 6 nitrogen and oxygen atoms in total. The van der Waals surface area contributed by atoms with Crippen LogP contribution >= 0.6 is 0 Å². The van der Waals surface area contributed by atoms with Crippen LogP contribution in [0.15, 0.2) is 30.3 Å². The van der Waals surface area contributed by atoms with E-state index < -0.39 is 11.9 Å². The molecule has 3 rings (SSSR count). The highest BCUT2D eigenvalue weighted by Gasteiger charge is 2.38. The molecule has 2 aromatic carbocycles. The number of carbonyl (C=O) groups excluding carboxylic acids is 3. The average Bonchev–Trinajstić information content (AvgIpc) is 2.71. The Balaban J connectivity index is 2.37. The van der Waals surface area contributed by atoms with Gasteiger partial charge in [0.1, 0.15) is 5.75 Å². The highest BCUT2D eigenvalue weighted by atomic mass is 16.5. The Labute approximate surface area is 182 Å². The zero-order valence-corrected chi connectivity index (χ0v) is 18.7. The standard InChI is InChI=1S/C25H28O6/c1-6-30-23(27)21-18(15-8-10-17(29-5)11-9-15)12-16-13-25(3,4)14-19(26)20(16)22(21)24(28)31-7-2/h8-12H,6-7,13-14H2,1-5H3. The molecule has 0 spiro atoms. The number of hydrogen-bond acceptors (Lipinski definition) is 6. The summed E-state index contributed by atoms with van der Waals surface area (Å²) in [7, 11) is 1.57. The van der Waals surface area contributed by atoms with Crippen LogP contribution in [0.2, 0.25) is 0 Å². The molecule has 0 atom stereocenters. The zero-order chi connectivity index (χ0) is 22.8. The molecule has 1 aliphatic carbocycles. The molecule has 0 N–H and O–H groups in total. The van der Waals surface area contributed by atoms with Crippen molar-refractivity contribution in [3.8, 4) is 16.9 Å². The molecule has 0 fully saturated rings. The van der Waals surface area contributed by atoms with Crippen LogP contribution in [0.3, 0.4) is 0 Å². The highest BCUT2D eigenvalue weighted by molar-refractivity contribution is 6.16. The van der Waals surface area contributed by atoms with Gasteiger partial charge in [0.2, 0.25) is 0 Å². The molecular formula is C25H28O6. The van der Waals surface area contributed by atoms with E-state index in [1.807, 2.05) is 32.0 Å². The molecular weight excluding hydrogens is 396 g/mol. The largest absolute Gasteiger partial charge is 0.497 e. The molecule has 1 aliphatic rings. The molecule has 31 heavy (non-hydrogen) atoms. The lowest BCUT2D eigenvalue weighted by atomic mass is 9.71. The van der Waals surface area contributed by atoms with Gasteiger partial charge in [0.05, 0.1) is 31.5 Å². The number of rotatable bonds is 6. The Bertz CT molecular complexity index is 1020. The molecule has 164 valence electrons. The van der Waals surface area contributed by atoms with Crippen LogP contribution in [-0.4, -0.2) is 38.0 Å². The summed E-state index contributed by atoms with van der Waals surface area (Å²) in [6.45, 7) is 7.69. The maximum absolute atomic E-state index is 13.1. The molecule has 0 saturated heterocycles. The lowest BCUT2D eigenvalue weighted by Gasteiger charge is -2.32. The van der Waals surface area contributed by atoms with Crippen LogP contribution in [0, 0.1) is 5.41 Å². The van der Waals surface area contributed by atoms with Crippen molar-refractivity contribution >= 4 is 17.7 Å². The summed E-state index contributed by atoms with van der Waals surface area (Å²) < 4.78 is 15.8. The summed E-state index contributed by atoms with van der Waals surface area (Å²) in [6.07, 6.45) is 0.892. The van der Waals surface area contributed by atoms with Gasteiger partial charge < -0.3 is 14.2 Å². The quantitative estimate of drug-likeness (QED) is 0.616. The van der Waals surface area contributed by atoms with E-state index in [0.29, 0.717) is 23.3 Å². The Kier molecular flexibility index (Phi) is 6.48. The molecule has 2 aromatic rings. The molecule has 0 saturated carbocycles. The molecule has 0 radical (unpaired) electrons. The van der Waals surface area contributed by atoms with E-state index in [1.54, 1.807) is 33.1 Å². The second-order valence-corrected chi connectivity index (χ2v) is 8.32. The maximum atomic E-state index is 13.1. The van der Waals surface area contributed by atoms with Gasteiger partial charge in [0, 0.05) is 12.0 Å². The molecule has 0 bridgehead atoms. The monoisotopic (exact) mass is 424 g/mol. The Morgan fingerprint density at radius 2 is 1.52 bits per heavy atom. The summed E-state index contributed by atoms with van der Waals surface area (Å²) in [5.74, 6) is -0.843. The minimum Gasteiger partial charge on any atom is -0.497 e.